The van der Waals surface area contributed by atoms with Gasteiger partial charge in [-0.2, -0.15) is 0 Å². The van der Waals surface area contributed by atoms with Crippen molar-refractivity contribution >= 4 is 17.6 Å². The molecule has 0 fully saturated rings. The second-order valence-corrected chi connectivity index (χ2v) is 5.75. The molecular formula is C17H20N4O2S. The zero-order chi connectivity index (χ0) is 17.5. The average molecular weight is 344 g/mol. The minimum absolute atomic E-state index is 0.137. The lowest BCUT2D eigenvalue weighted by Gasteiger charge is -2.17. The minimum Gasteiger partial charge on any atom is -0.467 e. The summed E-state index contributed by atoms with van der Waals surface area (Å²) in [5.74, 6) is 3.91. The van der Waals surface area contributed by atoms with Gasteiger partial charge in [-0.05, 0) is 31.4 Å². The van der Waals surface area contributed by atoms with Crippen LogP contribution in [0, 0.1) is 12.3 Å². The molecule has 0 amide bonds. The van der Waals surface area contributed by atoms with E-state index in [0.717, 1.165) is 11.1 Å². The van der Waals surface area contributed by atoms with E-state index >= 15 is 0 Å². The number of rotatable bonds is 7. The molecule has 0 bridgehead atoms. The fourth-order valence-corrected chi connectivity index (χ4v) is 2.29. The molecule has 126 valence electrons. The van der Waals surface area contributed by atoms with Crippen LogP contribution in [0.25, 0.3) is 11.3 Å². The van der Waals surface area contributed by atoms with Crippen LogP contribution in [0.5, 0.6) is 5.75 Å². The number of hydrogen-bond acceptors (Lipinski definition) is 7. The number of benzene rings is 1. The molecule has 0 saturated heterocycles. The largest absolute Gasteiger partial charge is 0.467 e. The van der Waals surface area contributed by atoms with Crippen molar-refractivity contribution in [2.75, 3.05) is 38.7 Å². The third kappa shape index (κ3) is 4.16. The van der Waals surface area contributed by atoms with E-state index in [9.17, 15) is 0 Å². The standard InChI is InChI=1S/C17H20N4O2S/c1-6-12-8-9-13(14(10-12)23-11-22-7-2)15-16(21(3)4)18-17(24-5)20-19-15/h1,8-10H,7,11H2,2-5H3. The molecular weight excluding hydrogens is 324 g/mol. The molecule has 1 heterocycles. The Morgan fingerprint density at radius 3 is 2.71 bits per heavy atom. The van der Waals surface area contributed by atoms with E-state index in [1.54, 1.807) is 6.07 Å². The van der Waals surface area contributed by atoms with Crippen molar-refractivity contribution in [1.82, 2.24) is 15.2 Å². The van der Waals surface area contributed by atoms with E-state index in [-0.39, 0.29) is 6.79 Å². The highest BCUT2D eigenvalue weighted by atomic mass is 32.2. The van der Waals surface area contributed by atoms with Crippen LogP contribution in [-0.4, -0.2) is 48.9 Å². The van der Waals surface area contributed by atoms with E-state index in [1.165, 1.54) is 11.8 Å². The third-order valence-electron chi connectivity index (χ3n) is 3.16. The summed E-state index contributed by atoms with van der Waals surface area (Å²) in [6.07, 6.45) is 7.40. The topological polar surface area (TPSA) is 60.4 Å². The molecule has 2 aromatic rings. The highest BCUT2D eigenvalue weighted by Crippen LogP contribution is 2.34. The van der Waals surface area contributed by atoms with Crippen LogP contribution < -0.4 is 9.64 Å². The SMILES string of the molecule is C#Cc1ccc(-c2nnc(SC)nc2N(C)C)c(OCOCC)c1. The zero-order valence-electron chi connectivity index (χ0n) is 14.2. The first-order valence-electron chi connectivity index (χ1n) is 7.38. The summed E-state index contributed by atoms with van der Waals surface area (Å²) in [6.45, 7) is 2.61. The highest BCUT2D eigenvalue weighted by molar-refractivity contribution is 7.98. The Morgan fingerprint density at radius 2 is 2.08 bits per heavy atom. The van der Waals surface area contributed by atoms with Crippen LogP contribution in [0.3, 0.4) is 0 Å². The fourth-order valence-electron chi connectivity index (χ4n) is 1.99. The molecule has 0 aliphatic heterocycles. The van der Waals surface area contributed by atoms with Crippen molar-refractivity contribution in [2.24, 2.45) is 0 Å². The van der Waals surface area contributed by atoms with Crippen molar-refractivity contribution in [3.63, 3.8) is 0 Å². The molecule has 0 atom stereocenters. The number of terminal acetylenes is 1. The summed E-state index contributed by atoms with van der Waals surface area (Å²) in [5, 5.41) is 9.09. The maximum absolute atomic E-state index is 5.73. The average Bonchev–Trinajstić information content (AvgIpc) is 2.61. The summed E-state index contributed by atoms with van der Waals surface area (Å²) in [7, 11) is 3.82. The minimum atomic E-state index is 0.137. The number of hydrogen-bond donors (Lipinski definition) is 0. The molecule has 0 aliphatic carbocycles. The molecule has 7 heteroatoms. The van der Waals surface area contributed by atoms with Gasteiger partial charge in [0.15, 0.2) is 12.6 Å². The van der Waals surface area contributed by atoms with E-state index in [4.69, 9.17) is 15.9 Å². The predicted molar refractivity (Wildman–Crippen MR) is 96.4 cm³/mol. The maximum Gasteiger partial charge on any atom is 0.210 e. The van der Waals surface area contributed by atoms with Crippen LogP contribution in [-0.2, 0) is 4.74 Å². The van der Waals surface area contributed by atoms with E-state index < -0.39 is 0 Å². The summed E-state index contributed by atoms with van der Waals surface area (Å²) >= 11 is 1.44. The normalized spacial score (nSPS) is 10.3. The van der Waals surface area contributed by atoms with Crippen LogP contribution in [0.4, 0.5) is 5.82 Å². The Balaban J connectivity index is 2.52. The first-order valence-corrected chi connectivity index (χ1v) is 8.60. The Morgan fingerprint density at radius 1 is 1.29 bits per heavy atom. The van der Waals surface area contributed by atoms with Gasteiger partial charge in [0, 0.05) is 31.8 Å². The van der Waals surface area contributed by atoms with E-state index in [2.05, 4.69) is 21.1 Å². The number of nitrogens with zero attached hydrogens (tertiary/aromatic N) is 4. The van der Waals surface area contributed by atoms with Gasteiger partial charge in [0.2, 0.25) is 5.16 Å². The molecule has 24 heavy (non-hydrogen) atoms. The third-order valence-corrected chi connectivity index (χ3v) is 3.70. The molecule has 0 aliphatic rings. The molecule has 1 aromatic heterocycles. The number of anilines is 1. The summed E-state index contributed by atoms with van der Waals surface area (Å²) in [4.78, 5) is 6.43. The van der Waals surface area contributed by atoms with E-state index in [1.807, 2.05) is 44.3 Å². The van der Waals surface area contributed by atoms with Crippen molar-refractivity contribution in [2.45, 2.75) is 12.1 Å². The van der Waals surface area contributed by atoms with Crippen LogP contribution in [0.2, 0.25) is 0 Å². The van der Waals surface area contributed by atoms with Gasteiger partial charge in [0.25, 0.3) is 0 Å². The maximum atomic E-state index is 5.73. The molecule has 2 rings (SSSR count). The Hall–Kier alpha value is -2.30. The quantitative estimate of drug-likeness (QED) is 0.331. The molecule has 6 nitrogen and oxygen atoms in total. The Labute approximate surface area is 146 Å². The van der Waals surface area contributed by atoms with Crippen molar-refractivity contribution in [3.8, 4) is 29.4 Å². The van der Waals surface area contributed by atoms with Gasteiger partial charge in [0.1, 0.15) is 11.4 Å². The summed E-state index contributed by atoms with van der Waals surface area (Å²) in [6, 6.07) is 5.50. The van der Waals surface area contributed by atoms with Crippen LogP contribution in [0.1, 0.15) is 12.5 Å². The lowest BCUT2D eigenvalue weighted by atomic mass is 10.1. The molecule has 0 spiro atoms. The molecule has 0 saturated carbocycles. The lowest BCUT2D eigenvalue weighted by Crippen LogP contribution is -2.15. The van der Waals surface area contributed by atoms with Gasteiger partial charge < -0.3 is 14.4 Å². The van der Waals surface area contributed by atoms with Crippen molar-refractivity contribution in [3.05, 3.63) is 23.8 Å². The molecule has 0 N–H and O–H groups in total. The zero-order valence-corrected chi connectivity index (χ0v) is 15.1. The van der Waals surface area contributed by atoms with Gasteiger partial charge >= 0.3 is 0 Å². The second-order valence-electron chi connectivity index (χ2n) is 4.98. The first kappa shape index (κ1) is 18.0. The summed E-state index contributed by atoms with van der Waals surface area (Å²) < 4.78 is 11.0. The Kier molecular flexibility index (Phi) is 6.41. The second kappa shape index (κ2) is 8.52. The van der Waals surface area contributed by atoms with Gasteiger partial charge in [-0.25, -0.2) is 4.98 Å². The van der Waals surface area contributed by atoms with Crippen LogP contribution in [0.15, 0.2) is 23.4 Å². The monoisotopic (exact) mass is 344 g/mol. The van der Waals surface area contributed by atoms with Gasteiger partial charge in [-0.1, -0.05) is 17.7 Å². The Bertz CT molecular complexity index is 744. The lowest BCUT2D eigenvalue weighted by molar-refractivity contribution is 0.0227. The molecule has 0 unspecified atom stereocenters. The number of aromatic nitrogens is 3. The van der Waals surface area contributed by atoms with Crippen molar-refractivity contribution in [1.29, 1.82) is 0 Å². The molecule has 0 radical (unpaired) electrons. The predicted octanol–water partition coefficient (Wildman–Crippen LogP) is 2.68. The number of thioether (sulfide) groups is 1. The fraction of sp³-hybridized carbons (Fsp3) is 0.353. The number of ether oxygens (including phenoxy) is 2. The van der Waals surface area contributed by atoms with Gasteiger partial charge in [0.05, 0.1) is 0 Å². The highest BCUT2D eigenvalue weighted by Gasteiger charge is 2.17. The van der Waals surface area contributed by atoms with E-state index in [0.29, 0.717) is 29.0 Å². The molecule has 1 aromatic carbocycles. The van der Waals surface area contributed by atoms with Gasteiger partial charge in [-0.15, -0.1) is 16.6 Å². The van der Waals surface area contributed by atoms with Gasteiger partial charge in [-0.3, -0.25) is 0 Å². The first-order chi connectivity index (χ1) is 11.6. The van der Waals surface area contributed by atoms with Crippen molar-refractivity contribution < 1.29 is 9.47 Å². The smallest absolute Gasteiger partial charge is 0.210 e. The van der Waals surface area contributed by atoms with Crippen LogP contribution >= 0.6 is 11.8 Å². The summed E-state index contributed by atoms with van der Waals surface area (Å²) in [5.41, 5.74) is 2.12.